The van der Waals surface area contributed by atoms with Gasteiger partial charge >= 0.3 is 5.97 Å². The van der Waals surface area contributed by atoms with E-state index in [0.29, 0.717) is 19.6 Å². The van der Waals surface area contributed by atoms with Crippen LogP contribution in [0.4, 0.5) is 0 Å². The number of nitrogens with one attached hydrogen (secondary N) is 1. The van der Waals surface area contributed by atoms with E-state index in [9.17, 15) is 4.79 Å². The van der Waals surface area contributed by atoms with Gasteiger partial charge in [0, 0.05) is 36.2 Å². The quantitative estimate of drug-likeness (QED) is 0.821. The van der Waals surface area contributed by atoms with Crippen molar-refractivity contribution in [3.05, 3.63) is 52.8 Å². The maximum atomic E-state index is 11.7. The zero-order chi connectivity index (χ0) is 17.9. The van der Waals surface area contributed by atoms with Gasteiger partial charge in [0.2, 0.25) is 0 Å². The Bertz CT molecular complexity index is 735. The smallest absolute Gasteiger partial charge is 0.307 e. The summed E-state index contributed by atoms with van der Waals surface area (Å²) in [6.07, 6.45) is 1.30. The van der Waals surface area contributed by atoms with Crippen molar-refractivity contribution in [3.63, 3.8) is 0 Å². The molecule has 0 aliphatic carbocycles. The van der Waals surface area contributed by atoms with Gasteiger partial charge in [0.15, 0.2) is 0 Å². The summed E-state index contributed by atoms with van der Waals surface area (Å²) in [4.78, 5) is 11.7. The molecule has 1 aliphatic rings. The minimum absolute atomic E-state index is 0.162. The second kappa shape index (κ2) is 7.40. The van der Waals surface area contributed by atoms with Crippen LogP contribution in [0, 0.1) is 0 Å². The highest BCUT2D eigenvalue weighted by Gasteiger charge is 2.32. The Balaban J connectivity index is 1.93. The summed E-state index contributed by atoms with van der Waals surface area (Å²) in [6.45, 7) is 9.05. The monoisotopic (exact) mass is 341 g/mol. The molecule has 0 saturated heterocycles. The van der Waals surface area contributed by atoms with E-state index in [0.717, 1.165) is 25.2 Å². The van der Waals surface area contributed by atoms with E-state index < -0.39 is 0 Å². The maximum Gasteiger partial charge on any atom is 0.307 e. The number of aryl methyl sites for hydroxylation is 1. The van der Waals surface area contributed by atoms with Gasteiger partial charge in [-0.15, -0.1) is 0 Å². The van der Waals surface area contributed by atoms with Crippen LogP contribution >= 0.6 is 0 Å². The molecule has 1 aromatic carbocycles. The number of benzene rings is 1. The van der Waals surface area contributed by atoms with Gasteiger partial charge in [-0.05, 0) is 12.5 Å². The summed E-state index contributed by atoms with van der Waals surface area (Å²) < 4.78 is 7.08. The number of ether oxygens (including phenoxy) is 1. The molecule has 5 nitrogen and oxygen atoms in total. The Kier molecular flexibility index (Phi) is 5.23. The van der Waals surface area contributed by atoms with Gasteiger partial charge < -0.3 is 10.1 Å². The van der Waals surface area contributed by atoms with Crippen molar-refractivity contribution in [1.82, 2.24) is 15.1 Å². The Hall–Kier alpha value is -2.14. The summed E-state index contributed by atoms with van der Waals surface area (Å²) in [7, 11) is 0. The minimum Gasteiger partial charge on any atom is -0.466 e. The molecule has 134 valence electrons. The number of rotatable bonds is 6. The second-order valence-electron chi connectivity index (χ2n) is 6.97. The molecule has 2 aromatic rings. The van der Waals surface area contributed by atoms with Crippen LogP contribution in [-0.2, 0) is 34.5 Å². The second-order valence-corrected chi connectivity index (χ2v) is 6.97. The first-order chi connectivity index (χ1) is 12.0. The molecule has 0 atom stereocenters. The van der Waals surface area contributed by atoms with Crippen LogP contribution in [0.3, 0.4) is 0 Å². The zero-order valence-electron chi connectivity index (χ0n) is 15.3. The van der Waals surface area contributed by atoms with Gasteiger partial charge in [-0.1, -0.05) is 44.2 Å². The lowest BCUT2D eigenvalue weighted by Crippen LogP contribution is -2.28. The predicted molar refractivity (Wildman–Crippen MR) is 97.5 cm³/mol. The largest absolute Gasteiger partial charge is 0.466 e. The average Bonchev–Trinajstić information content (AvgIpc) is 3.01. The maximum absolute atomic E-state index is 11.7. The van der Waals surface area contributed by atoms with Crippen molar-refractivity contribution < 1.29 is 9.53 Å². The van der Waals surface area contributed by atoms with Crippen molar-refractivity contribution in [2.75, 3.05) is 13.2 Å². The van der Waals surface area contributed by atoms with E-state index >= 15 is 0 Å². The fourth-order valence-corrected chi connectivity index (χ4v) is 3.53. The molecule has 1 aliphatic heterocycles. The Labute approximate surface area is 149 Å². The Morgan fingerprint density at radius 1 is 1.32 bits per heavy atom. The lowest BCUT2D eigenvalue weighted by Gasteiger charge is -2.26. The van der Waals surface area contributed by atoms with Crippen LogP contribution in [0.2, 0.25) is 0 Å². The van der Waals surface area contributed by atoms with Crippen LogP contribution in [0.15, 0.2) is 30.3 Å². The molecule has 25 heavy (non-hydrogen) atoms. The van der Waals surface area contributed by atoms with Gasteiger partial charge in [0.1, 0.15) is 0 Å². The minimum atomic E-state index is -0.181. The van der Waals surface area contributed by atoms with Gasteiger partial charge in [-0.25, -0.2) is 0 Å². The molecular weight excluding hydrogens is 314 g/mol. The fourth-order valence-electron chi connectivity index (χ4n) is 3.53. The summed E-state index contributed by atoms with van der Waals surface area (Å²) in [6, 6.07) is 10.5. The number of nitrogens with zero attached hydrogens (tertiary/aromatic N) is 2. The summed E-state index contributed by atoms with van der Waals surface area (Å²) in [5.41, 5.74) is 4.70. The Morgan fingerprint density at radius 2 is 2.08 bits per heavy atom. The fraction of sp³-hybridized carbons (Fsp3) is 0.500. The summed E-state index contributed by atoms with van der Waals surface area (Å²) in [5, 5.41) is 8.40. The third-order valence-electron chi connectivity index (χ3n) is 4.93. The van der Waals surface area contributed by atoms with Crippen LogP contribution in [0.1, 0.15) is 49.7 Å². The van der Waals surface area contributed by atoms with Crippen LogP contribution in [0.25, 0.3) is 0 Å². The highest BCUT2D eigenvalue weighted by molar-refractivity contribution is 5.69. The molecule has 1 N–H and O–H groups in total. The first-order valence-corrected chi connectivity index (χ1v) is 9.05. The van der Waals surface area contributed by atoms with Crippen LogP contribution in [-0.4, -0.2) is 28.9 Å². The van der Waals surface area contributed by atoms with E-state index in [1.54, 1.807) is 0 Å². The molecule has 0 radical (unpaired) electrons. The van der Waals surface area contributed by atoms with Crippen molar-refractivity contribution in [1.29, 1.82) is 0 Å². The topological polar surface area (TPSA) is 56.2 Å². The lowest BCUT2D eigenvalue weighted by molar-refractivity contribution is -0.143. The number of esters is 1. The predicted octanol–water partition coefficient (Wildman–Crippen LogP) is 2.81. The van der Waals surface area contributed by atoms with Crippen molar-refractivity contribution in [3.8, 4) is 0 Å². The number of fused-ring (bicyclic) bond motifs is 1. The first kappa shape index (κ1) is 17.7. The van der Waals surface area contributed by atoms with Crippen molar-refractivity contribution in [2.45, 2.75) is 52.1 Å². The third-order valence-corrected chi connectivity index (χ3v) is 4.93. The van der Waals surface area contributed by atoms with Crippen LogP contribution in [0.5, 0.6) is 0 Å². The molecule has 2 heterocycles. The molecule has 5 heteroatoms. The Morgan fingerprint density at radius 3 is 2.80 bits per heavy atom. The number of carbonyl (C=O) groups excluding carboxylic acids is 1. The molecule has 0 unspecified atom stereocenters. The molecule has 0 spiro atoms. The van der Waals surface area contributed by atoms with Gasteiger partial charge in [0.25, 0.3) is 0 Å². The van der Waals surface area contributed by atoms with E-state index in [1.165, 1.54) is 16.8 Å². The van der Waals surface area contributed by atoms with E-state index in [1.807, 2.05) is 17.7 Å². The third kappa shape index (κ3) is 3.61. The van der Waals surface area contributed by atoms with E-state index in [-0.39, 0.29) is 11.4 Å². The van der Waals surface area contributed by atoms with Gasteiger partial charge in [0.05, 0.1) is 25.3 Å². The number of hydrogen-bond acceptors (Lipinski definition) is 4. The summed E-state index contributed by atoms with van der Waals surface area (Å²) in [5.74, 6) is -0.162. The molecule has 0 amide bonds. The number of carbonyl (C=O) groups is 1. The molecular formula is C20H27N3O2. The molecule has 1 aromatic heterocycles. The number of hydrogen-bond donors (Lipinski definition) is 1. The molecule has 0 saturated carbocycles. The van der Waals surface area contributed by atoms with Crippen LogP contribution < -0.4 is 5.32 Å². The van der Waals surface area contributed by atoms with Crippen molar-refractivity contribution in [2.24, 2.45) is 0 Å². The standard InChI is InChI=1S/C20H27N3O2/c1-4-25-18(24)11-13-23-17-10-12-21-14-16(17)19(22-23)20(2,3)15-8-6-5-7-9-15/h5-9,21H,4,10-14H2,1-3H3. The molecule has 3 rings (SSSR count). The lowest BCUT2D eigenvalue weighted by atomic mass is 9.79. The highest BCUT2D eigenvalue weighted by Crippen LogP contribution is 2.35. The van der Waals surface area contributed by atoms with E-state index in [2.05, 4.69) is 43.4 Å². The van der Waals surface area contributed by atoms with Gasteiger partial charge in [-0.3, -0.25) is 9.48 Å². The SMILES string of the molecule is CCOC(=O)CCn1nc(C(C)(C)c2ccccc2)c2c1CCNC2. The highest BCUT2D eigenvalue weighted by atomic mass is 16.5. The number of aromatic nitrogens is 2. The average molecular weight is 341 g/mol. The van der Waals surface area contributed by atoms with Crippen molar-refractivity contribution >= 4 is 5.97 Å². The first-order valence-electron chi connectivity index (χ1n) is 9.05. The summed E-state index contributed by atoms with van der Waals surface area (Å²) >= 11 is 0. The molecule has 0 fully saturated rings. The molecule has 0 bridgehead atoms. The van der Waals surface area contributed by atoms with E-state index in [4.69, 9.17) is 9.84 Å². The van der Waals surface area contributed by atoms with Gasteiger partial charge in [-0.2, -0.15) is 5.10 Å². The zero-order valence-corrected chi connectivity index (χ0v) is 15.3. The normalized spacial score (nSPS) is 14.2.